The lowest BCUT2D eigenvalue weighted by molar-refractivity contribution is -0.137. The molecule has 0 saturated heterocycles. The summed E-state index contributed by atoms with van der Waals surface area (Å²) in [6, 6.07) is 5.16. The summed E-state index contributed by atoms with van der Waals surface area (Å²) in [5.74, 6) is -0.273. The molecule has 9 heteroatoms. The number of alkyl halides is 3. The van der Waals surface area contributed by atoms with E-state index in [0.29, 0.717) is 5.69 Å². The molecule has 0 unspecified atom stereocenters. The van der Waals surface area contributed by atoms with E-state index in [1.54, 1.807) is 18.2 Å². The number of hydrogen-bond donors (Lipinski definition) is 2. The van der Waals surface area contributed by atoms with E-state index in [0.717, 1.165) is 17.4 Å². The van der Waals surface area contributed by atoms with Crippen molar-refractivity contribution in [3.63, 3.8) is 0 Å². The topological polar surface area (TPSA) is 70.2 Å². The second-order valence-electron chi connectivity index (χ2n) is 5.54. The van der Waals surface area contributed by atoms with Crippen molar-refractivity contribution in [2.24, 2.45) is 0 Å². The van der Waals surface area contributed by atoms with Gasteiger partial charge >= 0.3 is 6.18 Å². The minimum Gasteiger partial charge on any atom is -0.362 e. The largest absolute Gasteiger partial charge is 0.421 e. The van der Waals surface area contributed by atoms with Crippen molar-refractivity contribution >= 4 is 29.0 Å². The monoisotopic (exact) mass is 337 g/mol. The Morgan fingerprint density at radius 1 is 1.29 bits per heavy atom. The number of nitrogens with one attached hydrogen (secondary N) is 2. The van der Waals surface area contributed by atoms with Gasteiger partial charge in [-0.15, -0.1) is 0 Å². The molecule has 0 spiro atoms. The molecule has 3 rings (SSSR count). The summed E-state index contributed by atoms with van der Waals surface area (Å²) in [5, 5.41) is 5.57. The number of anilines is 4. The van der Waals surface area contributed by atoms with Gasteiger partial charge in [0.2, 0.25) is 11.9 Å². The maximum Gasteiger partial charge on any atom is 0.421 e. The summed E-state index contributed by atoms with van der Waals surface area (Å²) in [6.45, 7) is 0. The van der Waals surface area contributed by atoms with Crippen LogP contribution in [-0.4, -0.2) is 30.0 Å². The fourth-order valence-electron chi connectivity index (χ4n) is 2.41. The molecule has 1 amide bonds. The van der Waals surface area contributed by atoms with Crippen LogP contribution in [0.2, 0.25) is 0 Å². The molecule has 24 heavy (non-hydrogen) atoms. The van der Waals surface area contributed by atoms with E-state index in [2.05, 4.69) is 20.6 Å². The molecule has 126 valence electrons. The number of rotatable bonds is 3. The molecule has 0 atom stereocenters. The number of fused-ring (bicyclic) bond motifs is 1. The highest BCUT2D eigenvalue weighted by Crippen LogP contribution is 2.35. The summed E-state index contributed by atoms with van der Waals surface area (Å²) in [4.78, 5) is 20.3. The molecule has 1 aromatic heterocycles. The van der Waals surface area contributed by atoms with Gasteiger partial charge in [0, 0.05) is 31.7 Å². The van der Waals surface area contributed by atoms with Crippen molar-refractivity contribution in [1.82, 2.24) is 9.97 Å². The lowest BCUT2D eigenvalue weighted by atomic mass is 10.1. The first-order valence-electron chi connectivity index (χ1n) is 7.05. The number of nitrogens with zero attached hydrogens (tertiary/aromatic N) is 3. The predicted octanol–water partition coefficient (Wildman–Crippen LogP) is 2.80. The van der Waals surface area contributed by atoms with Gasteiger partial charge in [0.1, 0.15) is 11.4 Å². The van der Waals surface area contributed by atoms with Crippen LogP contribution in [0.1, 0.15) is 11.1 Å². The van der Waals surface area contributed by atoms with E-state index >= 15 is 0 Å². The molecule has 0 saturated carbocycles. The molecule has 1 aliphatic rings. The summed E-state index contributed by atoms with van der Waals surface area (Å²) in [6.07, 6.45) is -3.51. The molecule has 2 heterocycles. The van der Waals surface area contributed by atoms with E-state index in [1.807, 2.05) is 0 Å². The Labute approximate surface area is 135 Å². The lowest BCUT2D eigenvalue weighted by Gasteiger charge is -2.18. The van der Waals surface area contributed by atoms with E-state index in [4.69, 9.17) is 0 Å². The summed E-state index contributed by atoms with van der Waals surface area (Å²) in [5.41, 5.74) is 1.23. The average molecular weight is 337 g/mol. The van der Waals surface area contributed by atoms with Crippen LogP contribution in [0.4, 0.5) is 36.3 Å². The zero-order valence-corrected chi connectivity index (χ0v) is 12.9. The molecule has 0 aliphatic carbocycles. The summed E-state index contributed by atoms with van der Waals surface area (Å²) >= 11 is 0. The number of amides is 1. The number of carbonyl (C=O) groups is 1. The van der Waals surface area contributed by atoms with Crippen molar-refractivity contribution in [3.05, 3.63) is 35.5 Å². The van der Waals surface area contributed by atoms with Gasteiger partial charge in [-0.05, 0) is 23.8 Å². The Kier molecular flexibility index (Phi) is 3.78. The third-order valence-corrected chi connectivity index (χ3v) is 3.48. The van der Waals surface area contributed by atoms with Gasteiger partial charge in [-0.25, -0.2) is 4.98 Å². The van der Waals surface area contributed by atoms with Crippen LogP contribution in [-0.2, 0) is 17.4 Å². The van der Waals surface area contributed by atoms with Crippen molar-refractivity contribution in [2.75, 3.05) is 29.6 Å². The van der Waals surface area contributed by atoms with E-state index in [9.17, 15) is 18.0 Å². The predicted molar refractivity (Wildman–Crippen MR) is 83.4 cm³/mol. The third kappa shape index (κ3) is 3.10. The van der Waals surface area contributed by atoms with Crippen LogP contribution < -0.4 is 15.5 Å². The highest BCUT2D eigenvalue weighted by atomic mass is 19.4. The van der Waals surface area contributed by atoms with E-state index in [1.165, 1.54) is 19.0 Å². The van der Waals surface area contributed by atoms with Gasteiger partial charge in [0.05, 0.1) is 6.42 Å². The van der Waals surface area contributed by atoms with Gasteiger partial charge in [-0.2, -0.15) is 18.2 Å². The van der Waals surface area contributed by atoms with Crippen molar-refractivity contribution in [1.29, 1.82) is 0 Å². The number of hydrogen-bond acceptors (Lipinski definition) is 5. The van der Waals surface area contributed by atoms with Crippen molar-refractivity contribution in [2.45, 2.75) is 12.6 Å². The van der Waals surface area contributed by atoms with Crippen LogP contribution in [0, 0.1) is 0 Å². The second kappa shape index (κ2) is 5.66. The minimum atomic E-state index is -4.53. The molecular weight excluding hydrogens is 323 g/mol. The number of halogens is 3. The SMILES string of the molecule is CN(C)c1nc(Nc2ccc3c(c2)CC(=O)N3)ncc1C(F)(F)F. The maximum absolute atomic E-state index is 13.0. The second-order valence-corrected chi connectivity index (χ2v) is 5.54. The zero-order chi connectivity index (χ0) is 17.5. The molecular formula is C15H14F3N5O. The quantitative estimate of drug-likeness (QED) is 0.901. The smallest absolute Gasteiger partial charge is 0.362 e. The van der Waals surface area contributed by atoms with E-state index < -0.39 is 11.7 Å². The van der Waals surface area contributed by atoms with Gasteiger partial charge in [-0.3, -0.25) is 4.79 Å². The number of carbonyl (C=O) groups excluding carboxylic acids is 1. The molecule has 2 aromatic rings. The minimum absolute atomic E-state index is 0.0453. The van der Waals surface area contributed by atoms with E-state index in [-0.39, 0.29) is 24.1 Å². The highest BCUT2D eigenvalue weighted by Gasteiger charge is 2.35. The van der Waals surface area contributed by atoms with Crippen LogP contribution in [0.3, 0.4) is 0 Å². The number of aromatic nitrogens is 2. The van der Waals surface area contributed by atoms with Gasteiger partial charge in [0.15, 0.2) is 0 Å². The molecule has 1 aliphatic heterocycles. The Hall–Kier alpha value is -2.84. The first-order valence-corrected chi connectivity index (χ1v) is 7.05. The Bertz CT molecular complexity index is 804. The molecule has 0 fully saturated rings. The van der Waals surface area contributed by atoms with Gasteiger partial charge in [0.25, 0.3) is 0 Å². The lowest BCUT2D eigenvalue weighted by Crippen LogP contribution is -2.19. The molecule has 6 nitrogen and oxygen atoms in total. The van der Waals surface area contributed by atoms with Crippen LogP contribution in [0.25, 0.3) is 0 Å². The molecule has 0 radical (unpaired) electrons. The normalized spacial score (nSPS) is 13.5. The average Bonchev–Trinajstić information content (AvgIpc) is 2.85. The molecule has 0 bridgehead atoms. The van der Waals surface area contributed by atoms with Crippen molar-refractivity contribution < 1.29 is 18.0 Å². The fourth-order valence-corrected chi connectivity index (χ4v) is 2.41. The van der Waals surface area contributed by atoms with Crippen LogP contribution in [0.15, 0.2) is 24.4 Å². The summed E-state index contributed by atoms with van der Waals surface area (Å²) < 4.78 is 39.0. The number of benzene rings is 1. The summed E-state index contributed by atoms with van der Waals surface area (Å²) in [7, 11) is 2.96. The van der Waals surface area contributed by atoms with Crippen LogP contribution in [0.5, 0.6) is 0 Å². The van der Waals surface area contributed by atoms with Gasteiger partial charge in [-0.1, -0.05) is 0 Å². The molecule has 1 aromatic carbocycles. The highest BCUT2D eigenvalue weighted by molar-refractivity contribution is 5.99. The van der Waals surface area contributed by atoms with Crippen molar-refractivity contribution in [3.8, 4) is 0 Å². The zero-order valence-electron chi connectivity index (χ0n) is 12.9. The third-order valence-electron chi connectivity index (χ3n) is 3.48. The standard InChI is InChI=1S/C15H14F3N5O/c1-23(2)13-10(15(16,17)18)7-19-14(22-13)20-9-3-4-11-8(5-9)6-12(24)21-11/h3-5,7H,6H2,1-2H3,(H,21,24)(H,19,20,22). The van der Waals surface area contributed by atoms with Gasteiger partial charge < -0.3 is 15.5 Å². The van der Waals surface area contributed by atoms with Crippen LogP contribution >= 0.6 is 0 Å². The first-order chi connectivity index (χ1) is 11.2. The maximum atomic E-state index is 13.0. The first kappa shape index (κ1) is 16.0. The Balaban J connectivity index is 1.90. The Morgan fingerprint density at radius 2 is 2.04 bits per heavy atom. The molecule has 2 N–H and O–H groups in total. The fraction of sp³-hybridized carbons (Fsp3) is 0.267. The Morgan fingerprint density at radius 3 is 2.71 bits per heavy atom.